The SMILES string of the molecule is CCOC1CCCCO1.F[B-](F)(F)F.F[B-](F)(F)F.F[B-](F)(F)F.[KH]. The van der Waals surface area contributed by atoms with Gasteiger partial charge in [-0.1, -0.05) is 0 Å². The first-order valence-corrected chi connectivity index (χ1v) is 6.28. The molecule has 25 heavy (non-hydrogen) atoms. The van der Waals surface area contributed by atoms with Crippen LogP contribution in [0.5, 0.6) is 0 Å². The van der Waals surface area contributed by atoms with Gasteiger partial charge in [-0.3, -0.25) is 0 Å². The topological polar surface area (TPSA) is 18.5 Å². The predicted molar refractivity (Wildman–Crippen MR) is 72.9 cm³/mol. The molecule has 1 saturated heterocycles. The summed E-state index contributed by atoms with van der Waals surface area (Å²) in [5.41, 5.74) is 0. The maximum absolute atomic E-state index is 9.75. The van der Waals surface area contributed by atoms with Gasteiger partial charge in [0, 0.05) is 13.2 Å². The molecule has 0 spiro atoms. The normalized spacial score (nSPS) is 17.4. The number of hydrogen-bond acceptors (Lipinski definition) is 2. The Morgan fingerprint density at radius 3 is 1.28 bits per heavy atom. The Morgan fingerprint density at radius 2 is 1.08 bits per heavy atom. The van der Waals surface area contributed by atoms with Gasteiger partial charge in [-0.25, -0.2) is 0 Å². The Kier molecular flexibility index (Phi) is 22.8. The molecular formula is C7H15B3F12KO2-3. The average Bonchev–Trinajstić information content (AvgIpc) is 2.23. The zero-order chi connectivity index (χ0) is 20.0. The van der Waals surface area contributed by atoms with Crippen LogP contribution in [0.4, 0.5) is 51.8 Å². The van der Waals surface area contributed by atoms with Crippen molar-refractivity contribution in [2.24, 2.45) is 0 Å². The van der Waals surface area contributed by atoms with E-state index in [-0.39, 0.29) is 57.7 Å². The Balaban J connectivity index is -0.000000122. The van der Waals surface area contributed by atoms with E-state index in [9.17, 15) is 51.8 Å². The molecule has 0 N–H and O–H groups in total. The van der Waals surface area contributed by atoms with Crippen LogP contribution in [-0.2, 0) is 9.47 Å². The van der Waals surface area contributed by atoms with Crippen LogP contribution >= 0.6 is 0 Å². The van der Waals surface area contributed by atoms with Crippen LogP contribution in [0.3, 0.4) is 0 Å². The van der Waals surface area contributed by atoms with E-state index in [0.717, 1.165) is 19.6 Å². The summed E-state index contributed by atoms with van der Waals surface area (Å²) >= 11 is 0. The van der Waals surface area contributed by atoms with Gasteiger partial charge in [0.2, 0.25) is 0 Å². The van der Waals surface area contributed by atoms with Crippen LogP contribution < -0.4 is 0 Å². The monoisotopic (exact) mass is 431 g/mol. The summed E-state index contributed by atoms with van der Waals surface area (Å²) in [6, 6.07) is 0. The number of hydrogen-bond donors (Lipinski definition) is 0. The third-order valence-electron chi connectivity index (χ3n) is 1.49. The Morgan fingerprint density at radius 1 is 0.760 bits per heavy atom. The first-order chi connectivity index (χ1) is 10.4. The zero-order valence-corrected chi connectivity index (χ0v) is 12.2. The third-order valence-corrected chi connectivity index (χ3v) is 1.49. The molecule has 1 aliphatic rings. The van der Waals surface area contributed by atoms with Gasteiger partial charge in [0.05, 0.1) is 0 Å². The third kappa shape index (κ3) is 92.2. The molecule has 0 aromatic rings. The summed E-state index contributed by atoms with van der Waals surface area (Å²) in [5, 5.41) is 0. The molecule has 0 radical (unpaired) electrons. The van der Waals surface area contributed by atoms with Crippen molar-refractivity contribution in [1.29, 1.82) is 0 Å². The minimum atomic E-state index is -6.00. The molecule has 1 atom stereocenters. The van der Waals surface area contributed by atoms with Crippen LogP contribution in [0.15, 0.2) is 0 Å². The summed E-state index contributed by atoms with van der Waals surface area (Å²) in [6.07, 6.45) is 3.63. The molecule has 0 saturated carbocycles. The van der Waals surface area contributed by atoms with E-state index in [4.69, 9.17) is 9.47 Å². The molecule has 0 aromatic heterocycles. The molecule has 152 valence electrons. The van der Waals surface area contributed by atoms with Crippen LogP contribution in [0.25, 0.3) is 0 Å². The molecule has 1 unspecified atom stereocenters. The maximum atomic E-state index is 9.75. The van der Waals surface area contributed by atoms with Crippen molar-refractivity contribution in [3.63, 3.8) is 0 Å². The number of ether oxygens (including phenoxy) is 2. The minimum absolute atomic E-state index is 0. The molecular weight excluding hydrogens is 416 g/mol. The second-order valence-corrected chi connectivity index (χ2v) is 3.74. The molecule has 0 aliphatic carbocycles. The molecule has 1 aliphatic heterocycles. The van der Waals surface area contributed by atoms with Crippen molar-refractivity contribution in [2.45, 2.75) is 32.5 Å². The summed E-state index contributed by atoms with van der Waals surface area (Å²) in [5.74, 6) is 0. The van der Waals surface area contributed by atoms with E-state index < -0.39 is 21.8 Å². The van der Waals surface area contributed by atoms with E-state index in [2.05, 4.69) is 0 Å². The molecule has 0 aromatic carbocycles. The van der Waals surface area contributed by atoms with Gasteiger partial charge in [-0.15, -0.1) is 0 Å². The molecule has 1 fully saturated rings. The standard InChI is InChI=1S/C7H14O2.3BF4.K.H/c1-2-8-7-5-3-4-6-9-7;3*2-1(3,4)5;;/h7H,2-6H2,1H3;;;;;/q;3*-1;;. The van der Waals surface area contributed by atoms with E-state index in [1.165, 1.54) is 12.8 Å². The van der Waals surface area contributed by atoms with Gasteiger partial charge in [-0.2, -0.15) is 0 Å². The van der Waals surface area contributed by atoms with Crippen molar-refractivity contribution in [3.05, 3.63) is 0 Å². The molecule has 0 bridgehead atoms. The van der Waals surface area contributed by atoms with Crippen molar-refractivity contribution in [3.8, 4) is 0 Å². The summed E-state index contributed by atoms with van der Waals surface area (Å²) in [7, 11) is -18.0. The summed E-state index contributed by atoms with van der Waals surface area (Å²) < 4.78 is 128. The van der Waals surface area contributed by atoms with Crippen LogP contribution in [-0.4, -0.2) is 92.7 Å². The van der Waals surface area contributed by atoms with E-state index in [1.807, 2.05) is 6.92 Å². The molecule has 0 amide bonds. The van der Waals surface area contributed by atoms with Gasteiger partial charge < -0.3 is 61.3 Å². The van der Waals surface area contributed by atoms with Crippen LogP contribution in [0.2, 0.25) is 0 Å². The van der Waals surface area contributed by atoms with Crippen LogP contribution in [0, 0.1) is 0 Å². The first kappa shape index (κ1) is 33.5. The number of halogens is 12. The van der Waals surface area contributed by atoms with Gasteiger partial charge >= 0.3 is 73.1 Å². The fraction of sp³-hybridized carbons (Fsp3) is 1.00. The second-order valence-electron chi connectivity index (χ2n) is 3.74. The molecule has 1 rings (SSSR count). The summed E-state index contributed by atoms with van der Waals surface area (Å²) in [6.45, 7) is 3.65. The Labute approximate surface area is 179 Å². The van der Waals surface area contributed by atoms with Crippen molar-refractivity contribution < 1.29 is 61.3 Å². The van der Waals surface area contributed by atoms with E-state index in [0.29, 0.717) is 0 Å². The van der Waals surface area contributed by atoms with Crippen molar-refractivity contribution in [1.82, 2.24) is 0 Å². The van der Waals surface area contributed by atoms with Crippen molar-refractivity contribution >= 4 is 73.1 Å². The van der Waals surface area contributed by atoms with Gasteiger partial charge in [-0.05, 0) is 26.2 Å². The second kappa shape index (κ2) is 17.0. The molecule has 2 nitrogen and oxygen atoms in total. The molecule has 1 heterocycles. The Hall–Kier alpha value is 0.911. The molecule has 18 heteroatoms. The predicted octanol–water partition coefficient (Wildman–Crippen LogP) is 4.80. The van der Waals surface area contributed by atoms with Crippen LogP contribution in [0.1, 0.15) is 26.2 Å². The first-order valence-electron chi connectivity index (χ1n) is 6.28. The summed E-state index contributed by atoms with van der Waals surface area (Å²) in [4.78, 5) is 0. The quantitative estimate of drug-likeness (QED) is 0.463. The van der Waals surface area contributed by atoms with Crippen molar-refractivity contribution in [2.75, 3.05) is 13.2 Å². The fourth-order valence-electron chi connectivity index (χ4n) is 1.03. The van der Waals surface area contributed by atoms with Gasteiger partial charge in [0.1, 0.15) is 0 Å². The zero-order valence-electron chi connectivity index (χ0n) is 12.2. The van der Waals surface area contributed by atoms with Gasteiger partial charge in [0.25, 0.3) is 0 Å². The fourth-order valence-corrected chi connectivity index (χ4v) is 1.03. The van der Waals surface area contributed by atoms with E-state index >= 15 is 0 Å². The number of rotatable bonds is 2. The van der Waals surface area contributed by atoms with Gasteiger partial charge in [0.15, 0.2) is 6.29 Å². The van der Waals surface area contributed by atoms with E-state index in [1.54, 1.807) is 0 Å². The Bertz CT molecular complexity index is 232. The average molecular weight is 431 g/mol.